The van der Waals surface area contributed by atoms with Crippen molar-refractivity contribution in [1.82, 2.24) is 10.6 Å². The molecular weight excluding hydrogens is 272 g/mol. The monoisotopic (exact) mass is 290 g/mol. The average Bonchev–Trinajstić information content (AvgIpc) is 2.89. The molecule has 20 heavy (non-hydrogen) atoms. The average molecular weight is 290 g/mol. The molecule has 2 N–H and O–H groups in total. The highest BCUT2D eigenvalue weighted by atomic mass is 32.1. The van der Waals surface area contributed by atoms with Crippen LogP contribution in [0.25, 0.3) is 0 Å². The van der Waals surface area contributed by atoms with Gasteiger partial charge in [0.15, 0.2) is 0 Å². The zero-order valence-electron chi connectivity index (χ0n) is 11.6. The first-order valence-corrected chi connectivity index (χ1v) is 7.24. The summed E-state index contributed by atoms with van der Waals surface area (Å²) >= 11 is 1.65. The van der Waals surface area contributed by atoms with E-state index >= 15 is 0 Å². The summed E-state index contributed by atoms with van der Waals surface area (Å²) < 4.78 is 5.09. The van der Waals surface area contributed by atoms with Crippen molar-refractivity contribution >= 4 is 17.4 Å². The van der Waals surface area contributed by atoms with Crippen LogP contribution in [0.2, 0.25) is 0 Å². The van der Waals surface area contributed by atoms with Crippen molar-refractivity contribution in [1.29, 1.82) is 0 Å². The van der Waals surface area contributed by atoms with Gasteiger partial charge < -0.3 is 15.4 Å². The number of rotatable bonds is 5. The second-order valence-electron chi connectivity index (χ2n) is 4.41. The van der Waals surface area contributed by atoms with Crippen LogP contribution in [-0.2, 0) is 13.1 Å². The molecule has 0 aliphatic carbocycles. The van der Waals surface area contributed by atoms with E-state index in [0.29, 0.717) is 13.1 Å². The predicted octanol–water partition coefficient (Wildman–Crippen LogP) is 3.06. The maximum atomic E-state index is 11.7. The molecule has 0 atom stereocenters. The molecular formula is C15H18N2O2S. The van der Waals surface area contributed by atoms with Crippen LogP contribution in [0, 0.1) is 6.92 Å². The fraction of sp³-hybridized carbons (Fsp3) is 0.267. The van der Waals surface area contributed by atoms with Gasteiger partial charge in [-0.15, -0.1) is 11.3 Å². The van der Waals surface area contributed by atoms with Crippen LogP contribution in [-0.4, -0.2) is 13.1 Å². The molecule has 0 saturated carbocycles. The Morgan fingerprint density at radius 1 is 1.15 bits per heavy atom. The van der Waals surface area contributed by atoms with E-state index in [1.807, 2.05) is 36.6 Å². The van der Waals surface area contributed by atoms with E-state index in [4.69, 9.17) is 4.74 Å². The lowest BCUT2D eigenvalue weighted by Crippen LogP contribution is -2.34. The van der Waals surface area contributed by atoms with Gasteiger partial charge in [0.2, 0.25) is 0 Å². The number of urea groups is 1. The normalized spacial score (nSPS) is 10.1. The second-order valence-corrected chi connectivity index (χ2v) is 5.41. The molecule has 1 aromatic carbocycles. The highest BCUT2D eigenvalue weighted by Crippen LogP contribution is 2.14. The maximum absolute atomic E-state index is 11.7. The number of amides is 2. The zero-order chi connectivity index (χ0) is 14.4. The SMILES string of the molecule is COc1ccc(CNC(=O)NCc2sccc2C)cc1. The Hall–Kier alpha value is -2.01. The number of carbonyl (C=O) groups is 1. The molecule has 2 amide bonds. The van der Waals surface area contributed by atoms with Crippen molar-refractivity contribution < 1.29 is 9.53 Å². The fourth-order valence-electron chi connectivity index (χ4n) is 1.73. The Morgan fingerprint density at radius 2 is 1.85 bits per heavy atom. The molecule has 0 saturated heterocycles. The summed E-state index contributed by atoms with van der Waals surface area (Å²) in [7, 11) is 1.63. The minimum atomic E-state index is -0.159. The molecule has 1 heterocycles. The summed E-state index contributed by atoms with van der Waals surface area (Å²) in [5, 5.41) is 7.72. The minimum Gasteiger partial charge on any atom is -0.497 e. The third-order valence-electron chi connectivity index (χ3n) is 2.99. The topological polar surface area (TPSA) is 50.4 Å². The van der Waals surface area contributed by atoms with Crippen molar-refractivity contribution in [2.75, 3.05) is 7.11 Å². The lowest BCUT2D eigenvalue weighted by Gasteiger charge is -2.08. The van der Waals surface area contributed by atoms with Gasteiger partial charge in [-0.05, 0) is 41.6 Å². The van der Waals surface area contributed by atoms with Crippen molar-refractivity contribution in [2.45, 2.75) is 20.0 Å². The molecule has 106 valence electrons. The molecule has 0 aliphatic heterocycles. The van der Waals surface area contributed by atoms with Gasteiger partial charge in [-0.25, -0.2) is 4.79 Å². The predicted molar refractivity (Wildman–Crippen MR) is 81.1 cm³/mol. The van der Waals surface area contributed by atoms with Crippen LogP contribution in [0.3, 0.4) is 0 Å². The third-order valence-corrected chi connectivity index (χ3v) is 4.01. The molecule has 0 radical (unpaired) electrons. The van der Waals surface area contributed by atoms with Gasteiger partial charge in [0.05, 0.1) is 13.7 Å². The lowest BCUT2D eigenvalue weighted by molar-refractivity contribution is 0.240. The van der Waals surface area contributed by atoms with Crippen molar-refractivity contribution in [3.8, 4) is 5.75 Å². The van der Waals surface area contributed by atoms with Crippen LogP contribution < -0.4 is 15.4 Å². The Kier molecular flexibility index (Phi) is 5.01. The molecule has 0 unspecified atom stereocenters. The minimum absolute atomic E-state index is 0.159. The van der Waals surface area contributed by atoms with Crippen molar-refractivity contribution in [3.05, 3.63) is 51.7 Å². The van der Waals surface area contributed by atoms with E-state index in [9.17, 15) is 4.79 Å². The highest BCUT2D eigenvalue weighted by Gasteiger charge is 2.03. The van der Waals surface area contributed by atoms with Gasteiger partial charge in [0, 0.05) is 11.4 Å². The van der Waals surface area contributed by atoms with E-state index in [1.54, 1.807) is 18.4 Å². The van der Waals surface area contributed by atoms with Crippen molar-refractivity contribution in [2.24, 2.45) is 0 Å². The first-order chi connectivity index (χ1) is 9.69. The highest BCUT2D eigenvalue weighted by molar-refractivity contribution is 7.10. The standard InChI is InChI=1S/C15H18N2O2S/c1-11-7-8-20-14(11)10-17-15(18)16-9-12-3-5-13(19-2)6-4-12/h3-8H,9-10H2,1-2H3,(H2,16,17,18). The van der Waals surface area contributed by atoms with E-state index in [0.717, 1.165) is 11.3 Å². The van der Waals surface area contributed by atoms with Crippen LogP contribution in [0.15, 0.2) is 35.7 Å². The van der Waals surface area contributed by atoms with Crippen molar-refractivity contribution in [3.63, 3.8) is 0 Å². The summed E-state index contributed by atoms with van der Waals surface area (Å²) in [6.45, 7) is 3.11. The summed E-state index contributed by atoms with van der Waals surface area (Å²) in [6.07, 6.45) is 0. The van der Waals surface area contributed by atoms with Gasteiger partial charge in [-0.3, -0.25) is 0 Å². The van der Waals surface area contributed by atoms with Crippen LogP contribution in [0.4, 0.5) is 4.79 Å². The second kappa shape index (κ2) is 6.96. The largest absolute Gasteiger partial charge is 0.497 e. The number of benzene rings is 1. The fourth-order valence-corrected chi connectivity index (χ4v) is 2.58. The Balaban J connectivity index is 1.75. The first kappa shape index (κ1) is 14.4. The smallest absolute Gasteiger partial charge is 0.315 e. The molecule has 0 bridgehead atoms. The zero-order valence-corrected chi connectivity index (χ0v) is 12.4. The Bertz CT molecular complexity index is 564. The van der Waals surface area contributed by atoms with Gasteiger partial charge in [-0.1, -0.05) is 12.1 Å². The molecule has 0 aliphatic rings. The number of thiophene rings is 1. The number of methoxy groups -OCH3 is 1. The van der Waals surface area contributed by atoms with Gasteiger partial charge in [0.25, 0.3) is 0 Å². The van der Waals surface area contributed by atoms with Gasteiger partial charge in [0.1, 0.15) is 5.75 Å². The van der Waals surface area contributed by atoms with E-state index < -0.39 is 0 Å². The molecule has 5 heteroatoms. The number of hydrogen-bond donors (Lipinski definition) is 2. The summed E-state index contributed by atoms with van der Waals surface area (Å²) in [5.74, 6) is 0.811. The van der Waals surface area contributed by atoms with Crippen LogP contribution in [0.1, 0.15) is 16.0 Å². The third kappa shape index (κ3) is 3.99. The number of ether oxygens (including phenoxy) is 1. The number of aryl methyl sites for hydroxylation is 1. The van der Waals surface area contributed by atoms with Gasteiger partial charge >= 0.3 is 6.03 Å². The number of carbonyl (C=O) groups excluding carboxylic acids is 1. The van der Waals surface area contributed by atoms with E-state index in [2.05, 4.69) is 16.7 Å². The van der Waals surface area contributed by atoms with E-state index in [-0.39, 0.29) is 6.03 Å². The summed E-state index contributed by atoms with van der Waals surface area (Å²) in [4.78, 5) is 12.9. The Labute approximate surface area is 122 Å². The molecule has 0 spiro atoms. The molecule has 4 nitrogen and oxygen atoms in total. The molecule has 2 aromatic rings. The summed E-state index contributed by atoms with van der Waals surface area (Å²) in [5.41, 5.74) is 2.25. The Morgan fingerprint density at radius 3 is 2.45 bits per heavy atom. The van der Waals surface area contributed by atoms with Crippen LogP contribution >= 0.6 is 11.3 Å². The number of hydrogen-bond acceptors (Lipinski definition) is 3. The molecule has 2 rings (SSSR count). The maximum Gasteiger partial charge on any atom is 0.315 e. The number of nitrogens with one attached hydrogen (secondary N) is 2. The van der Waals surface area contributed by atoms with Gasteiger partial charge in [-0.2, -0.15) is 0 Å². The van der Waals surface area contributed by atoms with E-state index in [1.165, 1.54) is 10.4 Å². The first-order valence-electron chi connectivity index (χ1n) is 6.36. The molecule has 1 aromatic heterocycles. The molecule has 0 fully saturated rings. The lowest BCUT2D eigenvalue weighted by atomic mass is 10.2. The quantitative estimate of drug-likeness (QED) is 0.889. The van der Waals surface area contributed by atoms with Crippen LogP contribution in [0.5, 0.6) is 5.75 Å². The summed E-state index contributed by atoms with van der Waals surface area (Å²) in [6, 6.07) is 9.52.